The van der Waals surface area contributed by atoms with Gasteiger partial charge in [0.15, 0.2) is 5.76 Å². The van der Waals surface area contributed by atoms with Crippen molar-refractivity contribution < 1.29 is 9.21 Å². The number of hydrogen-bond donors (Lipinski definition) is 1. The van der Waals surface area contributed by atoms with Crippen LogP contribution in [0.25, 0.3) is 11.0 Å². The Kier molecular flexibility index (Phi) is 5.26. The summed E-state index contributed by atoms with van der Waals surface area (Å²) >= 11 is 0. The molecule has 1 aliphatic rings. The third-order valence-electron chi connectivity index (χ3n) is 4.05. The van der Waals surface area contributed by atoms with E-state index in [9.17, 15) is 4.79 Å². The quantitative estimate of drug-likeness (QED) is 0.927. The van der Waals surface area contributed by atoms with Crippen LogP contribution in [0.1, 0.15) is 29.8 Å². The molecule has 0 aliphatic carbocycles. The van der Waals surface area contributed by atoms with E-state index in [0.29, 0.717) is 11.8 Å². The summed E-state index contributed by atoms with van der Waals surface area (Å²) < 4.78 is 5.67. The average Bonchev–Trinajstić information content (AvgIpc) is 2.72. The standard InChI is InChI=1S/C16H20N2O2.ClH/c1-18(13-6-4-9-17-10-8-13)16(19)15-11-12-5-2-3-7-14(12)20-15;/h2-3,5,7,11,13,17H,4,6,8-10H2,1H3;1H. The summed E-state index contributed by atoms with van der Waals surface area (Å²) in [7, 11) is 1.88. The maximum absolute atomic E-state index is 12.5. The first-order valence-electron chi connectivity index (χ1n) is 7.22. The maximum Gasteiger partial charge on any atom is 0.289 e. The molecule has 1 saturated heterocycles. The Hall–Kier alpha value is -1.52. The van der Waals surface area contributed by atoms with Gasteiger partial charge in [-0.3, -0.25) is 4.79 Å². The molecule has 4 nitrogen and oxygen atoms in total. The van der Waals surface area contributed by atoms with E-state index in [1.807, 2.05) is 42.3 Å². The van der Waals surface area contributed by atoms with Gasteiger partial charge in [0.2, 0.25) is 0 Å². The number of benzene rings is 1. The number of rotatable bonds is 2. The Labute approximate surface area is 130 Å². The largest absolute Gasteiger partial charge is 0.451 e. The van der Waals surface area contributed by atoms with E-state index in [2.05, 4.69) is 5.32 Å². The molecule has 1 aromatic heterocycles. The number of hydrogen-bond acceptors (Lipinski definition) is 3. The average molecular weight is 309 g/mol. The number of nitrogens with one attached hydrogen (secondary N) is 1. The Morgan fingerprint density at radius 3 is 2.90 bits per heavy atom. The summed E-state index contributed by atoms with van der Waals surface area (Å²) in [6.45, 7) is 2.02. The fraction of sp³-hybridized carbons (Fsp3) is 0.438. The molecule has 114 valence electrons. The number of para-hydroxylation sites is 1. The molecule has 3 rings (SSSR count). The van der Waals surface area contributed by atoms with Gasteiger partial charge in [-0.25, -0.2) is 0 Å². The molecule has 0 spiro atoms. The van der Waals surface area contributed by atoms with Crippen LogP contribution in [0, 0.1) is 0 Å². The minimum atomic E-state index is -0.0203. The molecular formula is C16H21ClN2O2. The highest BCUT2D eigenvalue weighted by molar-refractivity contribution is 5.96. The first-order chi connectivity index (χ1) is 9.75. The predicted octanol–water partition coefficient (Wildman–Crippen LogP) is 3.07. The summed E-state index contributed by atoms with van der Waals surface area (Å²) in [5.41, 5.74) is 0.770. The van der Waals surface area contributed by atoms with E-state index in [-0.39, 0.29) is 18.3 Å². The predicted molar refractivity (Wildman–Crippen MR) is 86.1 cm³/mol. The lowest BCUT2D eigenvalue weighted by Crippen LogP contribution is -2.37. The van der Waals surface area contributed by atoms with Crippen molar-refractivity contribution in [3.8, 4) is 0 Å². The molecule has 5 heteroatoms. The zero-order valence-electron chi connectivity index (χ0n) is 12.2. The first-order valence-corrected chi connectivity index (χ1v) is 7.22. The van der Waals surface area contributed by atoms with Crippen molar-refractivity contribution in [2.45, 2.75) is 25.3 Å². The Morgan fingerprint density at radius 1 is 1.29 bits per heavy atom. The molecule has 0 saturated carbocycles. The van der Waals surface area contributed by atoms with Crippen LogP contribution in [0.15, 0.2) is 34.7 Å². The minimum absolute atomic E-state index is 0. The molecule has 1 N–H and O–H groups in total. The van der Waals surface area contributed by atoms with Gasteiger partial charge in [0, 0.05) is 18.5 Å². The van der Waals surface area contributed by atoms with Gasteiger partial charge >= 0.3 is 0 Å². The molecule has 1 unspecified atom stereocenters. The van der Waals surface area contributed by atoms with Gasteiger partial charge in [-0.05, 0) is 44.5 Å². The highest BCUT2D eigenvalue weighted by Crippen LogP contribution is 2.21. The number of nitrogens with zero attached hydrogens (tertiary/aromatic N) is 1. The topological polar surface area (TPSA) is 45.5 Å². The third kappa shape index (κ3) is 3.39. The van der Waals surface area contributed by atoms with Crippen molar-refractivity contribution in [1.82, 2.24) is 10.2 Å². The lowest BCUT2D eigenvalue weighted by atomic mass is 10.1. The summed E-state index contributed by atoms with van der Waals surface area (Å²) in [5, 5.41) is 4.35. The van der Waals surface area contributed by atoms with Crippen LogP contribution in [-0.2, 0) is 0 Å². The van der Waals surface area contributed by atoms with Gasteiger partial charge in [-0.1, -0.05) is 18.2 Å². The van der Waals surface area contributed by atoms with Gasteiger partial charge in [0.1, 0.15) is 5.58 Å². The van der Waals surface area contributed by atoms with Gasteiger partial charge in [0.25, 0.3) is 5.91 Å². The zero-order valence-corrected chi connectivity index (χ0v) is 13.0. The first kappa shape index (κ1) is 15.9. The minimum Gasteiger partial charge on any atom is -0.451 e. The normalized spacial score (nSPS) is 18.8. The second-order valence-electron chi connectivity index (χ2n) is 5.40. The van der Waals surface area contributed by atoms with Gasteiger partial charge in [0.05, 0.1) is 0 Å². The molecule has 0 bridgehead atoms. The van der Waals surface area contributed by atoms with Crippen LogP contribution in [0.4, 0.5) is 0 Å². The molecule has 1 amide bonds. The van der Waals surface area contributed by atoms with Gasteiger partial charge in [-0.15, -0.1) is 12.4 Å². The van der Waals surface area contributed by atoms with Crippen molar-refractivity contribution in [2.24, 2.45) is 0 Å². The van der Waals surface area contributed by atoms with Crippen LogP contribution in [0.2, 0.25) is 0 Å². The van der Waals surface area contributed by atoms with Crippen LogP contribution in [-0.4, -0.2) is 37.0 Å². The molecule has 1 aliphatic heterocycles. The van der Waals surface area contributed by atoms with Crippen molar-refractivity contribution in [1.29, 1.82) is 0 Å². The lowest BCUT2D eigenvalue weighted by Gasteiger charge is -2.26. The van der Waals surface area contributed by atoms with Gasteiger partial charge < -0.3 is 14.6 Å². The molecule has 21 heavy (non-hydrogen) atoms. The van der Waals surface area contributed by atoms with E-state index in [1.165, 1.54) is 0 Å². The third-order valence-corrected chi connectivity index (χ3v) is 4.05. The molecular weight excluding hydrogens is 288 g/mol. The van der Waals surface area contributed by atoms with E-state index >= 15 is 0 Å². The van der Waals surface area contributed by atoms with Crippen molar-refractivity contribution in [3.63, 3.8) is 0 Å². The Morgan fingerprint density at radius 2 is 2.10 bits per heavy atom. The number of carbonyl (C=O) groups is 1. The van der Waals surface area contributed by atoms with Crippen molar-refractivity contribution in [3.05, 3.63) is 36.1 Å². The number of fused-ring (bicyclic) bond motifs is 1. The van der Waals surface area contributed by atoms with E-state index in [0.717, 1.165) is 43.3 Å². The van der Waals surface area contributed by atoms with E-state index in [4.69, 9.17) is 4.42 Å². The number of furan rings is 1. The number of halogens is 1. The Balaban J connectivity index is 0.00000161. The lowest BCUT2D eigenvalue weighted by molar-refractivity contribution is 0.0690. The molecule has 2 aromatic rings. The maximum atomic E-state index is 12.5. The van der Waals surface area contributed by atoms with E-state index in [1.54, 1.807) is 0 Å². The highest BCUT2D eigenvalue weighted by Gasteiger charge is 2.24. The number of amides is 1. The smallest absolute Gasteiger partial charge is 0.289 e. The fourth-order valence-electron chi connectivity index (χ4n) is 2.81. The summed E-state index contributed by atoms with van der Waals surface area (Å²) in [6, 6.07) is 9.86. The van der Waals surface area contributed by atoms with Gasteiger partial charge in [-0.2, -0.15) is 0 Å². The number of carbonyl (C=O) groups excluding carboxylic acids is 1. The second kappa shape index (κ2) is 6.96. The Bertz CT molecular complexity index is 570. The zero-order chi connectivity index (χ0) is 13.9. The molecule has 1 atom stereocenters. The summed E-state index contributed by atoms with van der Waals surface area (Å²) in [6.07, 6.45) is 3.17. The van der Waals surface area contributed by atoms with Crippen LogP contribution in [0.5, 0.6) is 0 Å². The summed E-state index contributed by atoms with van der Waals surface area (Å²) in [5.74, 6) is 0.416. The van der Waals surface area contributed by atoms with E-state index < -0.39 is 0 Å². The molecule has 1 fully saturated rings. The van der Waals surface area contributed by atoms with Crippen LogP contribution < -0.4 is 5.32 Å². The van der Waals surface area contributed by atoms with Crippen LogP contribution in [0.3, 0.4) is 0 Å². The van der Waals surface area contributed by atoms with Crippen molar-refractivity contribution >= 4 is 29.3 Å². The van der Waals surface area contributed by atoms with Crippen molar-refractivity contribution in [2.75, 3.05) is 20.1 Å². The monoisotopic (exact) mass is 308 g/mol. The molecule has 1 aromatic carbocycles. The highest BCUT2D eigenvalue weighted by atomic mass is 35.5. The second-order valence-corrected chi connectivity index (χ2v) is 5.40. The summed E-state index contributed by atoms with van der Waals surface area (Å²) in [4.78, 5) is 14.4. The fourth-order valence-corrected chi connectivity index (χ4v) is 2.81. The molecule has 0 radical (unpaired) electrons. The SMILES string of the molecule is CN(C(=O)c1cc2ccccc2o1)C1CCCNCC1.Cl. The van der Waals surface area contributed by atoms with Crippen LogP contribution >= 0.6 is 12.4 Å². The molecule has 2 heterocycles.